The van der Waals surface area contributed by atoms with E-state index in [0.717, 1.165) is 6.07 Å². The Kier molecular flexibility index (Phi) is 6.42. The maximum absolute atomic E-state index is 12.3. The highest BCUT2D eigenvalue weighted by molar-refractivity contribution is 7.91. The van der Waals surface area contributed by atoms with Crippen LogP contribution in [0.15, 0.2) is 23.1 Å². The van der Waals surface area contributed by atoms with E-state index >= 15 is 0 Å². The maximum Gasteiger partial charge on any atom is 0.274 e. The van der Waals surface area contributed by atoms with Crippen LogP contribution in [0.2, 0.25) is 0 Å². The number of sulfone groups is 1. The molecule has 0 saturated carbocycles. The molecule has 0 heterocycles. The lowest BCUT2D eigenvalue weighted by molar-refractivity contribution is -0.385. The molecule has 8 heteroatoms. The zero-order chi connectivity index (χ0) is 16.0. The Balaban J connectivity index is 3.21. The van der Waals surface area contributed by atoms with Crippen molar-refractivity contribution in [3.8, 4) is 5.75 Å². The van der Waals surface area contributed by atoms with Gasteiger partial charge in [-0.2, -0.15) is 0 Å². The minimum atomic E-state index is -3.64. The zero-order valence-corrected chi connectivity index (χ0v) is 13.5. The summed E-state index contributed by atoms with van der Waals surface area (Å²) in [5.41, 5.74) is -0.305. The third-order valence-corrected chi connectivity index (χ3v) is 5.16. The first-order valence-corrected chi connectivity index (χ1v) is 8.69. The number of benzene rings is 1. The summed E-state index contributed by atoms with van der Waals surface area (Å²) in [4.78, 5) is 10.2. The molecule has 1 aromatic carbocycles. The third-order valence-electron chi connectivity index (χ3n) is 2.67. The van der Waals surface area contributed by atoms with Gasteiger partial charge in [0.25, 0.3) is 5.69 Å². The normalized spacial score (nSPS) is 12.9. The first-order chi connectivity index (χ1) is 9.80. The number of alkyl halides is 1. The molecule has 0 fully saturated rings. The van der Waals surface area contributed by atoms with Crippen molar-refractivity contribution >= 4 is 27.1 Å². The Hall–Kier alpha value is -1.34. The molecule has 0 bridgehead atoms. The minimum Gasteiger partial charge on any atom is -0.493 e. The second kappa shape index (κ2) is 7.61. The van der Waals surface area contributed by atoms with Gasteiger partial charge in [0.1, 0.15) is 5.75 Å². The van der Waals surface area contributed by atoms with E-state index in [1.54, 1.807) is 6.92 Å². The molecule has 6 nitrogen and oxygen atoms in total. The van der Waals surface area contributed by atoms with Crippen molar-refractivity contribution in [3.63, 3.8) is 0 Å². The molecule has 0 N–H and O–H groups in total. The van der Waals surface area contributed by atoms with E-state index in [1.165, 1.54) is 12.1 Å². The molecule has 0 saturated heterocycles. The van der Waals surface area contributed by atoms with Crippen molar-refractivity contribution in [1.29, 1.82) is 0 Å². The minimum absolute atomic E-state index is 0.111. The highest BCUT2D eigenvalue weighted by Gasteiger charge is 2.22. The molecule has 0 aromatic heterocycles. The van der Waals surface area contributed by atoms with E-state index < -0.39 is 14.8 Å². The third kappa shape index (κ3) is 5.17. The molecule has 1 rings (SSSR count). The van der Waals surface area contributed by atoms with E-state index in [9.17, 15) is 18.5 Å². The predicted molar refractivity (Wildman–Crippen MR) is 80.8 cm³/mol. The van der Waals surface area contributed by atoms with E-state index in [0.29, 0.717) is 13.0 Å². The van der Waals surface area contributed by atoms with Crippen molar-refractivity contribution in [2.75, 3.05) is 18.2 Å². The lowest BCUT2D eigenvalue weighted by atomic mass is 10.3. The Morgan fingerprint density at radius 1 is 1.38 bits per heavy atom. The zero-order valence-electron chi connectivity index (χ0n) is 11.9. The first kappa shape index (κ1) is 17.7. The van der Waals surface area contributed by atoms with Crippen LogP contribution in [0, 0.1) is 16.0 Å². The van der Waals surface area contributed by atoms with E-state index in [1.807, 2.05) is 6.92 Å². The largest absolute Gasteiger partial charge is 0.493 e. The van der Waals surface area contributed by atoms with Gasteiger partial charge in [0.05, 0.1) is 28.2 Å². The molecule has 1 atom stereocenters. The van der Waals surface area contributed by atoms with Gasteiger partial charge < -0.3 is 4.74 Å². The van der Waals surface area contributed by atoms with Gasteiger partial charge in [-0.25, -0.2) is 8.42 Å². The predicted octanol–water partition coefficient (Wildman–Crippen LogP) is 3.03. The molecule has 0 amide bonds. The van der Waals surface area contributed by atoms with Crippen LogP contribution in [0.25, 0.3) is 0 Å². The molecule has 1 unspecified atom stereocenters. The average Bonchev–Trinajstić information content (AvgIpc) is 2.44. The SMILES string of the molecule is CCCOc1cc([N+](=O)[O-])cc(S(=O)(=O)CC(C)CCl)c1. The lowest BCUT2D eigenvalue weighted by Crippen LogP contribution is -2.15. The van der Waals surface area contributed by atoms with Crippen LogP contribution in [0.3, 0.4) is 0 Å². The Morgan fingerprint density at radius 2 is 2.05 bits per heavy atom. The summed E-state index contributed by atoms with van der Waals surface area (Å²) in [5, 5.41) is 10.9. The van der Waals surface area contributed by atoms with Gasteiger partial charge >= 0.3 is 0 Å². The number of non-ortho nitro benzene ring substituents is 1. The molecule has 0 aliphatic carbocycles. The summed E-state index contributed by atoms with van der Waals surface area (Å²) in [6.45, 7) is 3.95. The van der Waals surface area contributed by atoms with Crippen molar-refractivity contribution in [1.82, 2.24) is 0 Å². The summed E-state index contributed by atoms with van der Waals surface area (Å²) in [5.74, 6) is -0.0165. The number of rotatable bonds is 8. The summed E-state index contributed by atoms with van der Waals surface area (Å²) in [7, 11) is -3.64. The number of nitro benzene ring substituents is 1. The topological polar surface area (TPSA) is 86.5 Å². The van der Waals surface area contributed by atoms with E-state index in [2.05, 4.69) is 0 Å². The Morgan fingerprint density at radius 3 is 2.57 bits per heavy atom. The van der Waals surface area contributed by atoms with E-state index in [4.69, 9.17) is 16.3 Å². The van der Waals surface area contributed by atoms with Crippen LogP contribution in [-0.2, 0) is 9.84 Å². The maximum atomic E-state index is 12.3. The summed E-state index contributed by atoms with van der Waals surface area (Å²) in [6.07, 6.45) is 0.716. The van der Waals surface area contributed by atoms with Crippen LogP contribution >= 0.6 is 11.6 Å². The van der Waals surface area contributed by atoms with Crippen molar-refractivity contribution in [3.05, 3.63) is 28.3 Å². The Bertz CT molecular complexity index is 603. The smallest absolute Gasteiger partial charge is 0.274 e. The molecule has 0 radical (unpaired) electrons. The quantitative estimate of drug-likeness (QED) is 0.414. The molecule has 0 spiro atoms. The fraction of sp³-hybridized carbons (Fsp3) is 0.538. The van der Waals surface area contributed by atoms with Crippen molar-refractivity contribution in [2.45, 2.75) is 25.2 Å². The van der Waals surface area contributed by atoms with Crippen LogP contribution in [0.1, 0.15) is 20.3 Å². The highest BCUT2D eigenvalue weighted by atomic mass is 35.5. The molecule has 0 aliphatic heterocycles. The molecular weight excluding hydrogens is 318 g/mol. The van der Waals surface area contributed by atoms with Gasteiger partial charge in [-0.05, 0) is 18.4 Å². The molecule has 118 valence electrons. The number of halogens is 1. The first-order valence-electron chi connectivity index (χ1n) is 6.51. The van der Waals surface area contributed by atoms with Gasteiger partial charge in [-0.1, -0.05) is 13.8 Å². The van der Waals surface area contributed by atoms with Gasteiger partial charge in [-0.3, -0.25) is 10.1 Å². The number of nitrogens with zero attached hydrogens (tertiary/aromatic N) is 1. The second-order valence-electron chi connectivity index (χ2n) is 4.81. The fourth-order valence-electron chi connectivity index (χ4n) is 1.66. The number of hydrogen-bond acceptors (Lipinski definition) is 5. The van der Waals surface area contributed by atoms with Gasteiger partial charge in [-0.15, -0.1) is 11.6 Å². The lowest BCUT2D eigenvalue weighted by Gasteiger charge is -2.11. The number of ether oxygens (including phenoxy) is 1. The number of hydrogen-bond donors (Lipinski definition) is 0. The summed E-state index contributed by atoms with van der Waals surface area (Å²) in [6, 6.07) is 3.59. The fourth-order valence-corrected chi connectivity index (χ4v) is 3.55. The monoisotopic (exact) mass is 335 g/mol. The molecular formula is C13H18ClNO5S. The highest BCUT2D eigenvalue weighted by Crippen LogP contribution is 2.27. The number of nitro groups is 1. The Labute approximate surface area is 129 Å². The van der Waals surface area contributed by atoms with Gasteiger partial charge in [0.2, 0.25) is 0 Å². The molecule has 0 aliphatic rings. The van der Waals surface area contributed by atoms with Gasteiger partial charge in [0.15, 0.2) is 9.84 Å². The van der Waals surface area contributed by atoms with Crippen LogP contribution in [-0.4, -0.2) is 31.6 Å². The molecule has 1 aromatic rings. The van der Waals surface area contributed by atoms with Crippen molar-refractivity contribution in [2.24, 2.45) is 5.92 Å². The summed E-state index contributed by atoms with van der Waals surface area (Å²) < 4.78 is 29.8. The average molecular weight is 336 g/mol. The van der Waals surface area contributed by atoms with Crippen LogP contribution in [0.4, 0.5) is 5.69 Å². The van der Waals surface area contributed by atoms with Crippen LogP contribution < -0.4 is 4.74 Å². The summed E-state index contributed by atoms with van der Waals surface area (Å²) >= 11 is 5.63. The standard InChI is InChI=1S/C13H18ClNO5S/c1-3-4-20-12-5-11(15(16)17)6-13(7-12)21(18,19)9-10(2)8-14/h5-7,10H,3-4,8-9H2,1-2H3. The van der Waals surface area contributed by atoms with E-state index in [-0.39, 0.29) is 33.9 Å². The van der Waals surface area contributed by atoms with Gasteiger partial charge in [0, 0.05) is 11.9 Å². The van der Waals surface area contributed by atoms with Crippen molar-refractivity contribution < 1.29 is 18.1 Å². The second-order valence-corrected chi connectivity index (χ2v) is 7.15. The van der Waals surface area contributed by atoms with Crippen LogP contribution in [0.5, 0.6) is 5.75 Å². The molecule has 21 heavy (non-hydrogen) atoms.